The molecule has 2 aromatic rings. The minimum atomic E-state index is 0. The number of nitrogens with one attached hydrogen (secondary N) is 1. The highest BCUT2D eigenvalue weighted by molar-refractivity contribution is 14.0. The average Bonchev–Trinajstić information content (AvgIpc) is 3.30. The van der Waals surface area contributed by atoms with Crippen LogP contribution in [0.3, 0.4) is 0 Å². The molecule has 0 atom stereocenters. The minimum Gasteiger partial charge on any atom is -0.493 e. The Labute approximate surface area is 201 Å². The normalized spacial score (nSPS) is 14.8. The van der Waals surface area contributed by atoms with Crippen molar-refractivity contribution < 1.29 is 9.47 Å². The predicted octanol–water partition coefficient (Wildman–Crippen LogP) is 2.09. The van der Waals surface area contributed by atoms with Crippen molar-refractivity contribution in [1.82, 2.24) is 29.9 Å². The maximum Gasteiger partial charge on any atom is 0.193 e. The smallest absolute Gasteiger partial charge is 0.193 e. The second-order valence-corrected chi connectivity index (χ2v) is 7.33. The van der Waals surface area contributed by atoms with Gasteiger partial charge in [-0.25, -0.2) is 0 Å². The van der Waals surface area contributed by atoms with Crippen molar-refractivity contribution in [3.8, 4) is 11.5 Å². The topological polar surface area (TPSA) is 80.0 Å². The molecule has 0 bridgehead atoms. The number of rotatable bonds is 9. The number of guanidine groups is 1. The first-order valence-electron chi connectivity index (χ1n) is 10.4. The van der Waals surface area contributed by atoms with Crippen LogP contribution in [0.5, 0.6) is 11.5 Å². The molecule has 31 heavy (non-hydrogen) atoms. The molecule has 3 rings (SSSR count). The molecule has 0 spiro atoms. The van der Waals surface area contributed by atoms with E-state index < -0.39 is 0 Å². The lowest BCUT2D eigenvalue weighted by Gasteiger charge is -2.36. The summed E-state index contributed by atoms with van der Waals surface area (Å²) in [5.41, 5.74) is 1.23. The maximum absolute atomic E-state index is 5.42. The van der Waals surface area contributed by atoms with E-state index >= 15 is 0 Å². The number of nitrogens with zero attached hydrogens (tertiary/aromatic N) is 6. The van der Waals surface area contributed by atoms with Crippen LogP contribution in [0.4, 0.5) is 0 Å². The summed E-state index contributed by atoms with van der Waals surface area (Å²) in [6.07, 6.45) is 5.68. The van der Waals surface area contributed by atoms with Gasteiger partial charge in [0.15, 0.2) is 17.5 Å². The van der Waals surface area contributed by atoms with Crippen LogP contribution in [-0.2, 0) is 13.1 Å². The zero-order chi connectivity index (χ0) is 21.2. The number of hydrogen-bond acceptors (Lipinski definition) is 6. The van der Waals surface area contributed by atoms with Crippen LogP contribution in [0, 0.1) is 0 Å². The lowest BCUT2D eigenvalue weighted by molar-refractivity contribution is 0.172. The Balaban J connectivity index is 0.00000341. The van der Waals surface area contributed by atoms with Crippen LogP contribution in [0.1, 0.15) is 18.4 Å². The molecule has 0 radical (unpaired) electrons. The second kappa shape index (κ2) is 13.4. The second-order valence-electron chi connectivity index (χ2n) is 7.33. The molecule has 1 aliphatic heterocycles. The van der Waals surface area contributed by atoms with Gasteiger partial charge < -0.3 is 24.3 Å². The van der Waals surface area contributed by atoms with E-state index in [-0.39, 0.29) is 24.0 Å². The van der Waals surface area contributed by atoms with Gasteiger partial charge in [0.05, 0.1) is 14.2 Å². The Morgan fingerprint density at radius 3 is 2.39 bits per heavy atom. The van der Waals surface area contributed by atoms with E-state index in [4.69, 9.17) is 9.47 Å². The quantitative estimate of drug-likeness (QED) is 0.225. The molecule has 9 nitrogen and oxygen atoms in total. The third kappa shape index (κ3) is 7.53. The van der Waals surface area contributed by atoms with Gasteiger partial charge >= 0.3 is 0 Å². The largest absolute Gasteiger partial charge is 0.493 e. The van der Waals surface area contributed by atoms with Crippen molar-refractivity contribution in [2.24, 2.45) is 4.99 Å². The molecule has 0 unspecified atom stereocenters. The first-order chi connectivity index (χ1) is 14.7. The molecular weight excluding hydrogens is 509 g/mol. The number of unbranched alkanes of at least 4 members (excludes halogenated alkanes) is 1. The van der Waals surface area contributed by atoms with E-state index in [1.54, 1.807) is 26.9 Å². The van der Waals surface area contributed by atoms with Crippen molar-refractivity contribution in [2.75, 3.05) is 54.0 Å². The number of aliphatic imine (C=N–C) groups is 1. The fourth-order valence-corrected chi connectivity index (χ4v) is 3.64. The fraction of sp³-hybridized carbons (Fsp3) is 0.571. The third-order valence-electron chi connectivity index (χ3n) is 5.33. The van der Waals surface area contributed by atoms with Gasteiger partial charge in [0, 0.05) is 52.9 Å². The first kappa shape index (κ1) is 25.2. The zero-order valence-electron chi connectivity index (χ0n) is 18.7. The molecule has 2 heterocycles. The SMILES string of the molecule is CN=C(NCCCCn1cnnc1)N1CCN(Cc2ccc(OC)c(OC)c2)CC1.I. The van der Waals surface area contributed by atoms with E-state index in [1.165, 1.54) is 5.56 Å². The van der Waals surface area contributed by atoms with Gasteiger partial charge in [-0.1, -0.05) is 6.07 Å². The van der Waals surface area contributed by atoms with Crippen molar-refractivity contribution in [3.05, 3.63) is 36.4 Å². The van der Waals surface area contributed by atoms with Crippen molar-refractivity contribution >= 4 is 29.9 Å². The number of halogens is 1. The van der Waals surface area contributed by atoms with E-state index in [9.17, 15) is 0 Å². The molecule has 172 valence electrons. The Morgan fingerprint density at radius 2 is 1.74 bits per heavy atom. The Kier molecular flexibility index (Phi) is 10.9. The zero-order valence-corrected chi connectivity index (χ0v) is 21.0. The highest BCUT2D eigenvalue weighted by Crippen LogP contribution is 2.28. The van der Waals surface area contributed by atoms with Gasteiger partial charge in [-0.2, -0.15) is 0 Å². The molecule has 1 aromatic carbocycles. The summed E-state index contributed by atoms with van der Waals surface area (Å²) >= 11 is 0. The predicted molar refractivity (Wildman–Crippen MR) is 132 cm³/mol. The van der Waals surface area contributed by atoms with E-state index in [2.05, 4.69) is 42.4 Å². The van der Waals surface area contributed by atoms with Crippen LogP contribution in [0.2, 0.25) is 0 Å². The number of hydrogen-bond donors (Lipinski definition) is 1. The lowest BCUT2D eigenvalue weighted by Crippen LogP contribution is -2.52. The van der Waals surface area contributed by atoms with E-state index in [1.807, 2.05) is 17.7 Å². The molecule has 0 aliphatic carbocycles. The van der Waals surface area contributed by atoms with E-state index in [0.717, 1.165) is 76.1 Å². The number of benzene rings is 1. The van der Waals surface area contributed by atoms with Gasteiger partial charge in [-0.3, -0.25) is 9.89 Å². The summed E-state index contributed by atoms with van der Waals surface area (Å²) in [5.74, 6) is 2.54. The van der Waals surface area contributed by atoms with Crippen molar-refractivity contribution in [3.63, 3.8) is 0 Å². The number of ether oxygens (including phenoxy) is 2. The molecule has 1 aliphatic rings. The maximum atomic E-state index is 5.42. The fourth-order valence-electron chi connectivity index (χ4n) is 3.64. The van der Waals surface area contributed by atoms with Crippen LogP contribution >= 0.6 is 24.0 Å². The highest BCUT2D eigenvalue weighted by Gasteiger charge is 2.20. The van der Waals surface area contributed by atoms with Gasteiger partial charge in [0.2, 0.25) is 0 Å². The molecule has 10 heteroatoms. The van der Waals surface area contributed by atoms with Crippen LogP contribution in [0.15, 0.2) is 35.8 Å². The molecule has 0 amide bonds. The Morgan fingerprint density at radius 1 is 1.03 bits per heavy atom. The number of methoxy groups -OCH3 is 2. The molecular formula is C21H34IN7O2. The molecule has 0 saturated carbocycles. The van der Waals surface area contributed by atoms with Crippen LogP contribution < -0.4 is 14.8 Å². The first-order valence-corrected chi connectivity index (χ1v) is 10.4. The van der Waals surface area contributed by atoms with Crippen molar-refractivity contribution in [1.29, 1.82) is 0 Å². The summed E-state index contributed by atoms with van der Waals surface area (Å²) in [4.78, 5) is 9.27. The molecule has 1 aromatic heterocycles. The van der Waals surface area contributed by atoms with E-state index in [0.29, 0.717) is 0 Å². The summed E-state index contributed by atoms with van der Waals surface area (Å²) in [6.45, 7) is 6.71. The van der Waals surface area contributed by atoms with Gasteiger partial charge in [0.25, 0.3) is 0 Å². The van der Waals surface area contributed by atoms with Crippen LogP contribution in [0.25, 0.3) is 0 Å². The summed E-state index contributed by atoms with van der Waals surface area (Å²) in [6, 6.07) is 6.14. The summed E-state index contributed by atoms with van der Waals surface area (Å²) in [7, 11) is 5.19. The monoisotopic (exact) mass is 543 g/mol. The van der Waals surface area contributed by atoms with Crippen LogP contribution in [-0.4, -0.2) is 84.5 Å². The minimum absolute atomic E-state index is 0. The Bertz CT molecular complexity index is 793. The lowest BCUT2D eigenvalue weighted by atomic mass is 10.1. The number of aryl methyl sites for hydroxylation is 1. The van der Waals surface area contributed by atoms with Crippen molar-refractivity contribution in [2.45, 2.75) is 25.9 Å². The summed E-state index contributed by atoms with van der Waals surface area (Å²) < 4.78 is 12.8. The molecule has 1 saturated heterocycles. The van der Waals surface area contributed by atoms with Gasteiger partial charge in [-0.15, -0.1) is 34.2 Å². The highest BCUT2D eigenvalue weighted by atomic mass is 127. The standard InChI is InChI=1S/C21H33N7O2.HI/c1-22-21(23-8-4-5-9-27-16-24-25-17-27)28-12-10-26(11-13-28)15-18-6-7-19(29-2)20(14-18)30-3;/h6-7,14,16-17H,4-5,8-13,15H2,1-3H3,(H,22,23);1H. The summed E-state index contributed by atoms with van der Waals surface area (Å²) in [5, 5.41) is 11.2. The van der Waals surface area contributed by atoms with Gasteiger partial charge in [0.1, 0.15) is 12.7 Å². The number of aromatic nitrogens is 3. The molecule has 1 fully saturated rings. The van der Waals surface area contributed by atoms with Gasteiger partial charge in [-0.05, 0) is 30.5 Å². The third-order valence-corrected chi connectivity index (χ3v) is 5.33. The Hall–Kier alpha value is -2.08. The number of piperazine rings is 1. The molecule has 1 N–H and O–H groups in total. The average molecular weight is 543 g/mol.